The highest BCUT2D eigenvalue weighted by atomic mass is 32.2. The maximum absolute atomic E-state index is 13.7. The van der Waals surface area contributed by atoms with Gasteiger partial charge in [-0.25, -0.2) is 9.69 Å². The third-order valence-corrected chi connectivity index (χ3v) is 9.97. The zero-order valence-corrected chi connectivity index (χ0v) is 30.0. The van der Waals surface area contributed by atoms with Crippen molar-refractivity contribution in [2.75, 3.05) is 64.0 Å². The first-order valence-electron chi connectivity index (χ1n) is 17.0. The number of hydrogen-bond acceptors (Lipinski definition) is 11. The number of ether oxygens (including phenoxy) is 5. The van der Waals surface area contributed by atoms with Crippen LogP contribution in [0.4, 0.5) is 16.2 Å². The second-order valence-corrected chi connectivity index (χ2v) is 13.9. The van der Waals surface area contributed by atoms with Gasteiger partial charge in [0.1, 0.15) is 6.61 Å². The molecule has 14 heteroatoms. The highest BCUT2D eigenvalue weighted by molar-refractivity contribution is 7.98. The Labute approximate surface area is 301 Å². The number of anilines is 1. The van der Waals surface area contributed by atoms with Crippen molar-refractivity contribution in [2.45, 2.75) is 50.4 Å². The van der Waals surface area contributed by atoms with Gasteiger partial charge in [0.25, 0.3) is 11.8 Å². The normalized spacial score (nSPS) is 20.7. The van der Waals surface area contributed by atoms with Gasteiger partial charge in [-0.2, -0.15) is 11.8 Å². The van der Waals surface area contributed by atoms with Crippen LogP contribution in [0.1, 0.15) is 52.8 Å². The molecule has 13 nitrogen and oxygen atoms in total. The van der Waals surface area contributed by atoms with Crippen LogP contribution in [0.5, 0.6) is 23.0 Å². The van der Waals surface area contributed by atoms with Crippen LogP contribution in [0.3, 0.4) is 0 Å². The van der Waals surface area contributed by atoms with E-state index in [9.17, 15) is 19.5 Å². The third-order valence-electron chi connectivity index (χ3n) is 9.40. The Hall–Kier alpha value is -4.69. The maximum atomic E-state index is 13.7. The van der Waals surface area contributed by atoms with Crippen molar-refractivity contribution < 1.29 is 43.2 Å². The van der Waals surface area contributed by atoms with E-state index < -0.39 is 18.4 Å². The molecule has 0 unspecified atom stereocenters. The lowest BCUT2D eigenvalue weighted by atomic mass is 10.1. The zero-order chi connectivity index (χ0) is 36.2. The van der Waals surface area contributed by atoms with Gasteiger partial charge < -0.3 is 38.6 Å². The van der Waals surface area contributed by atoms with Gasteiger partial charge >= 0.3 is 6.09 Å². The molecule has 3 atom stereocenters. The van der Waals surface area contributed by atoms with Gasteiger partial charge in [0.2, 0.25) is 0 Å². The van der Waals surface area contributed by atoms with E-state index in [1.165, 1.54) is 23.8 Å². The number of rotatable bonds is 13. The van der Waals surface area contributed by atoms with Crippen LogP contribution in [0.2, 0.25) is 0 Å². The van der Waals surface area contributed by atoms with E-state index in [1.807, 2.05) is 6.26 Å². The molecule has 4 aliphatic heterocycles. The second kappa shape index (κ2) is 15.7. The molecule has 3 amide bonds. The van der Waals surface area contributed by atoms with Crippen LogP contribution in [-0.2, 0) is 4.74 Å². The largest absolute Gasteiger partial charge is 0.493 e. The van der Waals surface area contributed by atoms with Crippen molar-refractivity contribution in [1.82, 2.24) is 9.80 Å². The minimum atomic E-state index is -1.35. The molecular weight excluding hydrogens is 676 g/mol. The van der Waals surface area contributed by atoms with E-state index in [-0.39, 0.29) is 42.3 Å². The quantitative estimate of drug-likeness (QED) is 0.216. The van der Waals surface area contributed by atoms with Crippen molar-refractivity contribution in [3.8, 4) is 23.0 Å². The first kappa shape index (κ1) is 36.1. The summed E-state index contributed by atoms with van der Waals surface area (Å²) in [6.07, 6.45) is 4.82. The lowest BCUT2D eigenvalue weighted by Crippen LogP contribution is -2.51. The number of methoxy groups -OCH3 is 2. The number of carbonyl (C=O) groups is 3. The predicted molar refractivity (Wildman–Crippen MR) is 194 cm³/mol. The summed E-state index contributed by atoms with van der Waals surface area (Å²) in [5.74, 6) is 1.77. The van der Waals surface area contributed by atoms with Crippen LogP contribution in [0.25, 0.3) is 0 Å². The van der Waals surface area contributed by atoms with E-state index in [0.717, 1.165) is 22.5 Å². The number of aliphatic imine (C=N–C) groups is 1. The van der Waals surface area contributed by atoms with E-state index in [2.05, 4.69) is 18.2 Å². The molecule has 0 aliphatic carbocycles. The van der Waals surface area contributed by atoms with Gasteiger partial charge in [0.05, 0.1) is 62.0 Å². The molecule has 0 bridgehead atoms. The van der Waals surface area contributed by atoms with Crippen LogP contribution in [0.15, 0.2) is 53.6 Å². The summed E-state index contributed by atoms with van der Waals surface area (Å²) in [7, 11) is 3.02. The highest BCUT2D eigenvalue weighted by Crippen LogP contribution is 2.42. The summed E-state index contributed by atoms with van der Waals surface area (Å²) >= 11 is 1.53. The molecule has 2 fully saturated rings. The maximum Gasteiger partial charge on any atom is 0.416 e. The molecule has 0 saturated carbocycles. The summed E-state index contributed by atoms with van der Waals surface area (Å²) in [5.41, 5.74) is 3.21. The Balaban J connectivity index is 1.09. The van der Waals surface area contributed by atoms with Crippen LogP contribution in [0, 0.1) is 0 Å². The van der Waals surface area contributed by atoms with E-state index in [4.69, 9.17) is 23.7 Å². The van der Waals surface area contributed by atoms with Crippen molar-refractivity contribution in [1.29, 1.82) is 0 Å². The Morgan fingerprint density at radius 3 is 2.18 bits per heavy atom. The topological polar surface area (TPSA) is 140 Å². The van der Waals surface area contributed by atoms with Gasteiger partial charge in [0, 0.05) is 37.2 Å². The summed E-state index contributed by atoms with van der Waals surface area (Å²) in [6, 6.07) is 5.78. The first-order chi connectivity index (χ1) is 24.6. The molecule has 0 aromatic heterocycles. The fraction of sp³-hybridized carbons (Fsp3) is 0.459. The molecule has 0 radical (unpaired) electrons. The van der Waals surface area contributed by atoms with E-state index in [1.54, 1.807) is 42.5 Å². The average molecular weight is 721 g/mol. The third kappa shape index (κ3) is 7.38. The summed E-state index contributed by atoms with van der Waals surface area (Å²) < 4.78 is 28.8. The van der Waals surface area contributed by atoms with Gasteiger partial charge in [-0.3, -0.25) is 14.6 Å². The molecule has 4 aliphatic rings. The lowest BCUT2D eigenvalue weighted by molar-refractivity contribution is 0.0493. The molecule has 272 valence electrons. The van der Waals surface area contributed by atoms with Crippen molar-refractivity contribution >= 4 is 47.3 Å². The van der Waals surface area contributed by atoms with Crippen LogP contribution in [-0.4, -0.2) is 116 Å². The molecule has 6 rings (SSSR count). The summed E-state index contributed by atoms with van der Waals surface area (Å²) in [5, 5.41) is 11.4. The highest BCUT2D eigenvalue weighted by Gasteiger charge is 2.46. The first-order valence-corrected chi connectivity index (χ1v) is 18.4. The van der Waals surface area contributed by atoms with Crippen molar-refractivity contribution in [3.63, 3.8) is 0 Å². The Bertz CT molecular complexity index is 1750. The smallest absolute Gasteiger partial charge is 0.416 e. The zero-order valence-electron chi connectivity index (χ0n) is 29.2. The number of amides is 3. The SMILES string of the molecule is C=C1C[C@H]2C=Nc3cc(OCCCCCOc4cc5c(cc4OC)C(=O)N4CC(=C)C[C@H]4[C@H](O)N5C(=O)OCCSC)c(OC)cc3C(=O)N2C1. The number of carbonyl (C=O) groups excluding carboxylic acids is 3. The number of fused-ring (bicyclic) bond motifs is 4. The average Bonchev–Trinajstić information content (AvgIpc) is 3.66. The molecule has 4 heterocycles. The van der Waals surface area contributed by atoms with Gasteiger partial charge in [0.15, 0.2) is 29.2 Å². The number of thioether (sulfide) groups is 1. The Kier molecular flexibility index (Phi) is 11.1. The Morgan fingerprint density at radius 1 is 0.863 bits per heavy atom. The van der Waals surface area contributed by atoms with Gasteiger partial charge in [-0.15, -0.1) is 0 Å². The fourth-order valence-corrected chi connectivity index (χ4v) is 7.07. The predicted octanol–water partition coefficient (Wildman–Crippen LogP) is 5.23. The standard InChI is InChI=1S/C37H44N4O9S/c1-22-13-24-19-38-27-17-32(30(46-3)15-25(27)34(42)39(24)20-22)48-9-7-6-8-10-49-33-18-28-26(16-31(33)47-4)35(43)40-21-23(2)14-29(40)36(44)41(28)37(45)50-11-12-51-5/h15-19,24,29,36,44H,1-2,6-14,20-21H2,3-5H3/t24-,29-,36-/m0/s1. The molecule has 2 saturated heterocycles. The van der Waals surface area contributed by atoms with Gasteiger partial charge in [-0.05, 0) is 50.5 Å². The van der Waals surface area contributed by atoms with Crippen LogP contribution >= 0.6 is 11.8 Å². The van der Waals surface area contributed by atoms with Crippen molar-refractivity contribution in [3.05, 3.63) is 59.7 Å². The minimum absolute atomic E-state index is 0.0985. The number of benzene rings is 2. The fourth-order valence-electron chi connectivity index (χ4n) is 6.82. The summed E-state index contributed by atoms with van der Waals surface area (Å²) in [6.45, 7) is 9.71. The number of aliphatic hydroxyl groups is 1. The number of nitrogens with zero attached hydrogens (tertiary/aromatic N) is 4. The monoisotopic (exact) mass is 720 g/mol. The molecule has 2 aromatic carbocycles. The Morgan fingerprint density at radius 2 is 1.49 bits per heavy atom. The molecule has 0 spiro atoms. The molecule has 2 aromatic rings. The van der Waals surface area contributed by atoms with Gasteiger partial charge in [-0.1, -0.05) is 24.3 Å². The number of unbranched alkanes of at least 4 members (excludes halogenated alkanes) is 2. The molecule has 1 N–H and O–H groups in total. The van der Waals surface area contributed by atoms with Crippen molar-refractivity contribution in [2.24, 2.45) is 4.99 Å². The number of hydrogen-bond donors (Lipinski definition) is 1. The van der Waals surface area contributed by atoms with E-state index >= 15 is 0 Å². The molecule has 51 heavy (non-hydrogen) atoms. The van der Waals surface area contributed by atoms with Crippen LogP contribution < -0.4 is 23.8 Å². The second-order valence-electron chi connectivity index (χ2n) is 12.9. The summed E-state index contributed by atoms with van der Waals surface area (Å²) in [4.78, 5) is 49.4. The minimum Gasteiger partial charge on any atom is -0.493 e. The lowest BCUT2D eigenvalue weighted by Gasteiger charge is -2.31. The molecular formula is C37H44N4O9S. The van der Waals surface area contributed by atoms with E-state index in [0.29, 0.717) is 85.4 Å². The number of aliphatic hydroxyl groups excluding tert-OH is 1.